The Kier molecular flexibility index (Phi) is 3.09. The lowest BCUT2D eigenvalue weighted by atomic mass is 10.0. The number of nitrogens with zero attached hydrogens (tertiary/aromatic N) is 2. The summed E-state index contributed by atoms with van der Waals surface area (Å²) >= 11 is 0. The Morgan fingerprint density at radius 2 is 2.27 bits per heavy atom. The summed E-state index contributed by atoms with van der Waals surface area (Å²) in [5.74, 6) is 0.877. The highest BCUT2D eigenvalue weighted by Gasteiger charge is 2.29. The molecule has 2 unspecified atom stereocenters. The van der Waals surface area contributed by atoms with Gasteiger partial charge >= 0.3 is 0 Å². The molecule has 0 spiro atoms. The highest BCUT2D eigenvalue weighted by atomic mass is 16.3. The first-order valence-electron chi connectivity index (χ1n) is 5.36. The second-order valence-corrected chi connectivity index (χ2v) is 4.35. The van der Waals surface area contributed by atoms with E-state index >= 15 is 0 Å². The van der Waals surface area contributed by atoms with Crippen LogP contribution in [0.3, 0.4) is 0 Å². The van der Waals surface area contributed by atoms with Crippen molar-refractivity contribution in [1.82, 2.24) is 9.80 Å². The predicted molar refractivity (Wildman–Crippen MR) is 59.6 cm³/mol. The predicted octanol–water partition coefficient (Wildman–Crippen LogP) is 0.525. The van der Waals surface area contributed by atoms with Crippen LogP contribution in [0.25, 0.3) is 0 Å². The quantitative estimate of drug-likeness (QED) is 0.771. The Morgan fingerprint density at radius 3 is 2.93 bits per heavy atom. The third-order valence-corrected chi connectivity index (χ3v) is 3.19. The maximum Gasteiger partial charge on any atom is 0.122 e. The van der Waals surface area contributed by atoms with E-state index in [1.807, 2.05) is 12.1 Å². The smallest absolute Gasteiger partial charge is 0.122 e. The van der Waals surface area contributed by atoms with E-state index in [2.05, 4.69) is 23.9 Å². The fourth-order valence-electron chi connectivity index (χ4n) is 2.10. The van der Waals surface area contributed by atoms with Crippen LogP contribution < -0.4 is 5.73 Å². The average Bonchev–Trinajstić information content (AvgIpc) is 2.74. The van der Waals surface area contributed by atoms with Gasteiger partial charge in [-0.05, 0) is 26.2 Å². The Hall–Kier alpha value is -0.840. The van der Waals surface area contributed by atoms with E-state index in [0.717, 1.165) is 25.4 Å². The van der Waals surface area contributed by atoms with Gasteiger partial charge in [0.15, 0.2) is 0 Å². The molecular formula is C11H19N3O. The van der Waals surface area contributed by atoms with Gasteiger partial charge in [-0.3, -0.25) is 4.90 Å². The van der Waals surface area contributed by atoms with E-state index in [1.54, 1.807) is 6.26 Å². The SMILES string of the molecule is CN1CCN(C)C(C(N)c2ccco2)C1. The summed E-state index contributed by atoms with van der Waals surface area (Å²) in [6.07, 6.45) is 1.68. The number of hydrogen-bond donors (Lipinski definition) is 1. The molecule has 2 atom stereocenters. The summed E-state index contributed by atoms with van der Waals surface area (Å²) in [6, 6.07) is 4.15. The van der Waals surface area contributed by atoms with Gasteiger partial charge in [-0.2, -0.15) is 0 Å². The van der Waals surface area contributed by atoms with Crippen molar-refractivity contribution in [2.75, 3.05) is 33.7 Å². The maximum absolute atomic E-state index is 6.20. The van der Waals surface area contributed by atoms with E-state index in [0.29, 0.717) is 6.04 Å². The Balaban J connectivity index is 2.08. The number of rotatable bonds is 2. The summed E-state index contributed by atoms with van der Waals surface area (Å²) < 4.78 is 5.36. The first-order valence-corrected chi connectivity index (χ1v) is 5.36. The molecular weight excluding hydrogens is 190 g/mol. The van der Waals surface area contributed by atoms with Crippen LogP contribution in [-0.4, -0.2) is 49.6 Å². The van der Waals surface area contributed by atoms with E-state index < -0.39 is 0 Å². The monoisotopic (exact) mass is 209 g/mol. The Labute approximate surface area is 90.6 Å². The zero-order valence-electron chi connectivity index (χ0n) is 9.39. The van der Waals surface area contributed by atoms with Crippen molar-refractivity contribution in [1.29, 1.82) is 0 Å². The van der Waals surface area contributed by atoms with Crippen LogP contribution in [0.15, 0.2) is 22.8 Å². The van der Waals surface area contributed by atoms with Gasteiger partial charge in [-0.25, -0.2) is 0 Å². The van der Waals surface area contributed by atoms with Crippen molar-refractivity contribution in [3.8, 4) is 0 Å². The van der Waals surface area contributed by atoms with Crippen LogP contribution in [0.4, 0.5) is 0 Å². The topological polar surface area (TPSA) is 45.6 Å². The van der Waals surface area contributed by atoms with Gasteiger partial charge in [0.05, 0.1) is 12.3 Å². The lowest BCUT2D eigenvalue weighted by Crippen LogP contribution is -2.54. The number of nitrogens with two attached hydrogens (primary N) is 1. The van der Waals surface area contributed by atoms with Crippen LogP contribution in [0, 0.1) is 0 Å². The van der Waals surface area contributed by atoms with E-state index in [-0.39, 0.29) is 6.04 Å². The van der Waals surface area contributed by atoms with Crippen LogP contribution >= 0.6 is 0 Å². The van der Waals surface area contributed by atoms with Gasteiger partial charge in [0.2, 0.25) is 0 Å². The molecule has 1 aliphatic heterocycles. The second kappa shape index (κ2) is 4.35. The van der Waals surface area contributed by atoms with Crippen molar-refractivity contribution in [3.63, 3.8) is 0 Å². The summed E-state index contributed by atoms with van der Waals surface area (Å²) in [4.78, 5) is 4.63. The molecule has 84 valence electrons. The lowest BCUT2D eigenvalue weighted by molar-refractivity contribution is 0.0922. The lowest BCUT2D eigenvalue weighted by Gasteiger charge is -2.40. The van der Waals surface area contributed by atoms with Gasteiger partial charge in [0.1, 0.15) is 5.76 Å². The zero-order chi connectivity index (χ0) is 10.8. The highest BCUT2D eigenvalue weighted by molar-refractivity contribution is 5.07. The van der Waals surface area contributed by atoms with Crippen molar-refractivity contribution < 1.29 is 4.42 Å². The molecule has 4 nitrogen and oxygen atoms in total. The van der Waals surface area contributed by atoms with Gasteiger partial charge in [-0.15, -0.1) is 0 Å². The van der Waals surface area contributed by atoms with Crippen molar-refractivity contribution in [2.45, 2.75) is 12.1 Å². The first-order chi connectivity index (χ1) is 7.18. The van der Waals surface area contributed by atoms with E-state index in [4.69, 9.17) is 10.2 Å². The number of likely N-dealkylation sites (N-methyl/N-ethyl adjacent to an activating group) is 2. The third-order valence-electron chi connectivity index (χ3n) is 3.19. The molecule has 1 aromatic rings. The number of furan rings is 1. The number of piperazine rings is 1. The third kappa shape index (κ3) is 2.22. The molecule has 1 saturated heterocycles. The van der Waals surface area contributed by atoms with Crippen LogP contribution in [0.1, 0.15) is 11.8 Å². The summed E-state index contributed by atoms with van der Waals surface area (Å²) in [7, 11) is 4.26. The maximum atomic E-state index is 6.20. The summed E-state index contributed by atoms with van der Waals surface area (Å²) in [6.45, 7) is 3.17. The first kappa shape index (κ1) is 10.7. The molecule has 1 fully saturated rings. The summed E-state index contributed by atoms with van der Waals surface area (Å²) in [5, 5.41) is 0. The summed E-state index contributed by atoms with van der Waals surface area (Å²) in [5.41, 5.74) is 6.20. The average molecular weight is 209 g/mol. The van der Waals surface area contributed by atoms with Crippen molar-refractivity contribution >= 4 is 0 Å². The largest absolute Gasteiger partial charge is 0.468 e. The fourth-order valence-corrected chi connectivity index (χ4v) is 2.10. The molecule has 2 N–H and O–H groups in total. The minimum atomic E-state index is -0.0345. The van der Waals surface area contributed by atoms with Crippen LogP contribution in [0.2, 0.25) is 0 Å². The van der Waals surface area contributed by atoms with Gasteiger partial charge < -0.3 is 15.1 Å². The number of hydrogen-bond acceptors (Lipinski definition) is 4. The molecule has 0 bridgehead atoms. The fraction of sp³-hybridized carbons (Fsp3) is 0.636. The Morgan fingerprint density at radius 1 is 1.47 bits per heavy atom. The minimum Gasteiger partial charge on any atom is -0.468 e. The van der Waals surface area contributed by atoms with E-state index in [9.17, 15) is 0 Å². The molecule has 2 rings (SSSR count). The van der Waals surface area contributed by atoms with Crippen LogP contribution in [0.5, 0.6) is 0 Å². The molecule has 2 heterocycles. The van der Waals surface area contributed by atoms with Crippen molar-refractivity contribution in [3.05, 3.63) is 24.2 Å². The highest BCUT2D eigenvalue weighted by Crippen LogP contribution is 2.21. The standard InChI is InChI=1S/C11H19N3O/c1-13-5-6-14(2)9(8-13)11(12)10-4-3-7-15-10/h3-4,7,9,11H,5-6,8,12H2,1-2H3. The Bertz CT molecular complexity index is 299. The zero-order valence-corrected chi connectivity index (χ0v) is 9.39. The second-order valence-electron chi connectivity index (χ2n) is 4.35. The van der Waals surface area contributed by atoms with Gasteiger partial charge in [0.25, 0.3) is 0 Å². The molecule has 1 aromatic heterocycles. The minimum absolute atomic E-state index is 0.0345. The molecule has 15 heavy (non-hydrogen) atoms. The molecule has 0 aromatic carbocycles. The molecule has 0 aliphatic carbocycles. The molecule has 0 saturated carbocycles. The van der Waals surface area contributed by atoms with Crippen LogP contribution in [-0.2, 0) is 0 Å². The molecule has 4 heteroatoms. The van der Waals surface area contributed by atoms with Crippen molar-refractivity contribution in [2.24, 2.45) is 5.73 Å². The van der Waals surface area contributed by atoms with Gasteiger partial charge in [-0.1, -0.05) is 0 Å². The van der Waals surface area contributed by atoms with Gasteiger partial charge in [0, 0.05) is 25.7 Å². The molecule has 0 radical (unpaired) electrons. The molecule has 1 aliphatic rings. The van der Waals surface area contributed by atoms with E-state index in [1.165, 1.54) is 0 Å². The molecule has 0 amide bonds. The normalized spacial score (nSPS) is 26.7.